The number of nitrogens with zero attached hydrogens (tertiary/aromatic N) is 1. The Balaban J connectivity index is 0.000000810. The topological polar surface area (TPSA) is 24.9 Å². The van der Waals surface area contributed by atoms with Crippen molar-refractivity contribution >= 4 is 12.4 Å². The molecule has 1 rings (SSSR count). The minimum absolute atomic E-state index is 0. The van der Waals surface area contributed by atoms with E-state index in [1.54, 1.807) is 12.4 Å². The van der Waals surface area contributed by atoms with Crippen molar-refractivity contribution in [2.75, 3.05) is 7.05 Å². The summed E-state index contributed by atoms with van der Waals surface area (Å²) in [5.74, 6) is 0. The lowest BCUT2D eigenvalue weighted by Crippen LogP contribution is -2.04. The molecule has 0 aliphatic rings. The van der Waals surface area contributed by atoms with Gasteiger partial charge in [0.05, 0.1) is 0 Å². The van der Waals surface area contributed by atoms with E-state index in [2.05, 4.69) is 10.3 Å². The van der Waals surface area contributed by atoms with Crippen molar-refractivity contribution < 1.29 is 0 Å². The van der Waals surface area contributed by atoms with Crippen LogP contribution in [0.2, 0.25) is 0 Å². The second-order valence-corrected chi connectivity index (χ2v) is 1.89. The van der Waals surface area contributed by atoms with Gasteiger partial charge in [-0.2, -0.15) is 0 Å². The van der Waals surface area contributed by atoms with Crippen LogP contribution in [0.15, 0.2) is 24.5 Å². The molecule has 0 fully saturated rings. The van der Waals surface area contributed by atoms with Crippen LogP contribution in [0.1, 0.15) is 5.56 Å². The van der Waals surface area contributed by atoms with E-state index in [-0.39, 0.29) is 12.4 Å². The van der Waals surface area contributed by atoms with E-state index >= 15 is 0 Å². The molecule has 1 N–H and O–H groups in total. The molecule has 0 saturated carbocycles. The lowest BCUT2D eigenvalue weighted by Gasteiger charge is -1.95. The summed E-state index contributed by atoms with van der Waals surface area (Å²) in [6.07, 6.45) is 3.60. The van der Waals surface area contributed by atoms with E-state index in [1.807, 2.05) is 19.2 Å². The van der Waals surface area contributed by atoms with Gasteiger partial charge in [-0.1, -0.05) is 0 Å². The van der Waals surface area contributed by atoms with Gasteiger partial charge in [-0.3, -0.25) is 4.98 Å². The second kappa shape index (κ2) is 5.21. The third kappa shape index (κ3) is 2.80. The Morgan fingerprint density at radius 2 is 2.00 bits per heavy atom. The Labute approximate surface area is 67.1 Å². The maximum Gasteiger partial charge on any atom is 0.0271 e. The Morgan fingerprint density at radius 3 is 2.50 bits per heavy atom. The van der Waals surface area contributed by atoms with E-state index in [1.165, 1.54) is 5.56 Å². The van der Waals surface area contributed by atoms with Crippen LogP contribution in [0.3, 0.4) is 0 Å². The molecule has 0 radical (unpaired) electrons. The fourth-order valence-electron chi connectivity index (χ4n) is 0.705. The van der Waals surface area contributed by atoms with Gasteiger partial charge in [0.1, 0.15) is 0 Å². The number of rotatable bonds is 2. The molecule has 3 heteroatoms. The molecule has 1 aromatic heterocycles. The summed E-state index contributed by atoms with van der Waals surface area (Å²) < 4.78 is 0. The van der Waals surface area contributed by atoms with Gasteiger partial charge in [-0.05, 0) is 24.7 Å². The Hall–Kier alpha value is -0.600. The number of hydrogen-bond acceptors (Lipinski definition) is 2. The Kier molecular flexibility index (Phi) is 4.89. The Morgan fingerprint density at radius 1 is 1.40 bits per heavy atom. The monoisotopic (exact) mass is 158 g/mol. The fourth-order valence-corrected chi connectivity index (χ4v) is 0.705. The first kappa shape index (κ1) is 9.40. The van der Waals surface area contributed by atoms with Crippen LogP contribution in [0, 0.1) is 0 Å². The zero-order chi connectivity index (χ0) is 6.53. The molecule has 0 aliphatic heterocycles. The van der Waals surface area contributed by atoms with Gasteiger partial charge in [0.15, 0.2) is 0 Å². The summed E-state index contributed by atoms with van der Waals surface area (Å²) in [4.78, 5) is 3.90. The van der Waals surface area contributed by atoms with Gasteiger partial charge < -0.3 is 5.32 Å². The molecule has 0 saturated heterocycles. The molecular weight excluding hydrogens is 148 g/mol. The molecule has 0 amide bonds. The van der Waals surface area contributed by atoms with Crippen molar-refractivity contribution in [1.29, 1.82) is 0 Å². The normalized spacial score (nSPS) is 8.50. The molecule has 0 aromatic carbocycles. The van der Waals surface area contributed by atoms with E-state index in [4.69, 9.17) is 0 Å². The number of nitrogens with one attached hydrogen (secondary N) is 1. The number of pyridine rings is 1. The highest BCUT2D eigenvalue weighted by atomic mass is 35.5. The average Bonchev–Trinajstić information content (AvgIpc) is 1.91. The molecule has 10 heavy (non-hydrogen) atoms. The van der Waals surface area contributed by atoms with Crippen LogP contribution in [0.25, 0.3) is 0 Å². The highest BCUT2D eigenvalue weighted by molar-refractivity contribution is 5.85. The highest BCUT2D eigenvalue weighted by Gasteiger charge is 1.84. The predicted octanol–water partition coefficient (Wildman–Crippen LogP) is 1.22. The molecule has 2 nitrogen and oxygen atoms in total. The van der Waals surface area contributed by atoms with Crippen LogP contribution in [-0.2, 0) is 6.54 Å². The average molecular weight is 159 g/mol. The van der Waals surface area contributed by atoms with E-state index in [0.717, 1.165) is 6.54 Å². The molecular formula is C7H11ClN2. The van der Waals surface area contributed by atoms with Crippen LogP contribution < -0.4 is 5.32 Å². The largest absolute Gasteiger partial charge is 0.316 e. The maximum atomic E-state index is 3.90. The van der Waals surface area contributed by atoms with Gasteiger partial charge >= 0.3 is 0 Å². The summed E-state index contributed by atoms with van der Waals surface area (Å²) >= 11 is 0. The van der Waals surface area contributed by atoms with Crippen LogP contribution in [0.4, 0.5) is 0 Å². The van der Waals surface area contributed by atoms with E-state index in [9.17, 15) is 0 Å². The minimum Gasteiger partial charge on any atom is -0.316 e. The van der Waals surface area contributed by atoms with Crippen LogP contribution in [-0.4, -0.2) is 12.0 Å². The van der Waals surface area contributed by atoms with Gasteiger partial charge in [0.2, 0.25) is 0 Å². The smallest absolute Gasteiger partial charge is 0.0271 e. The van der Waals surface area contributed by atoms with Crippen LogP contribution in [0.5, 0.6) is 0 Å². The Bertz CT molecular complexity index is 165. The second-order valence-electron chi connectivity index (χ2n) is 1.89. The van der Waals surface area contributed by atoms with Gasteiger partial charge in [0.25, 0.3) is 0 Å². The molecule has 0 unspecified atom stereocenters. The predicted molar refractivity (Wildman–Crippen MR) is 44.2 cm³/mol. The van der Waals surface area contributed by atoms with Crippen molar-refractivity contribution in [3.05, 3.63) is 30.1 Å². The molecule has 56 valence electrons. The van der Waals surface area contributed by atoms with E-state index < -0.39 is 0 Å². The summed E-state index contributed by atoms with van der Waals surface area (Å²) in [5, 5.41) is 3.06. The standard InChI is InChI=1S/C7H10N2.ClH/c1-8-6-7-2-4-9-5-3-7;/h2-5,8H,6H2,1H3;1H. The fraction of sp³-hybridized carbons (Fsp3) is 0.286. The summed E-state index contributed by atoms with van der Waals surface area (Å²) in [6.45, 7) is 0.919. The maximum absolute atomic E-state index is 3.90. The van der Waals surface area contributed by atoms with Gasteiger partial charge in [-0.25, -0.2) is 0 Å². The lowest BCUT2D eigenvalue weighted by molar-refractivity contribution is 0.816. The number of hydrogen-bond donors (Lipinski definition) is 1. The zero-order valence-corrected chi connectivity index (χ0v) is 6.69. The molecule has 0 aliphatic carbocycles. The van der Waals surface area contributed by atoms with Gasteiger partial charge in [0, 0.05) is 18.9 Å². The van der Waals surface area contributed by atoms with Gasteiger partial charge in [-0.15, -0.1) is 12.4 Å². The molecule has 0 bridgehead atoms. The first-order chi connectivity index (χ1) is 4.43. The van der Waals surface area contributed by atoms with Crippen molar-refractivity contribution in [2.24, 2.45) is 0 Å². The number of aromatic nitrogens is 1. The first-order valence-electron chi connectivity index (χ1n) is 2.97. The molecule has 0 atom stereocenters. The molecule has 1 heterocycles. The van der Waals surface area contributed by atoms with Crippen molar-refractivity contribution in [3.63, 3.8) is 0 Å². The summed E-state index contributed by atoms with van der Waals surface area (Å²) in [5.41, 5.74) is 1.27. The zero-order valence-electron chi connectivity index (χ0n) is 5.87. The SMILES string of the molecule is CNCc1ccncc1.Cl. The first-order valence-corrected chi connectivity index (χ1v) is 2.97. The van der Waals surface area contributed by atoms with Crippen LogP contribution >= 0.6 is 12.4 Å². The van der Waals surface area contributed by atoms with Crippen molar-refractivity contribution in [1.82, 2.24) is 10.3 Å². The van der Waals surface area contributed by atoms with Crippen molar-refractivity contribution in [2.45, 2.75) is 6.54 Å². The van der Waals surface area contributed by atoms with E-state index in [0.29, 0.717) is 0 Å². The summed E-state index contributed by atoms with van der Waals surface area (Å²) in [7, 11) is 1.93. The summed E-state index contributed by atoms with van der Waals surface area (Å²) in [6, 6.07) is 3.99. The number of halogens is 1. The third-order valence-electron chi connectivity index (χ3n) is 1.13. The third-order valence-corrected chi connectivity index (χ3v) is 1.13. The lowest BCUT2D eigenvalue weighted by atomic mass is 10.3. The molecule has 0 spiro atoms. The molecule has 1 aromatic rings. The quantitative estimate of drug-likeness (QED) is 0.700. The highest BCUT2D eigenvalue weighted by Crippen LogP contribution is 1.92. The minimum atomic E-state index is 0. The van der Waals surface area contributed by atoms with Crippen molar-refractivity contribution in [3.8, 4) is 0 Å².